The highest BCUT2D eigenvalue weighted by Crippen LogP contribution is 2.45. The predicted octanol–water partition coefficient (Wildman–Crippen LogP) is 3.36. The lowest BCUT2D eigenvalue weighted by molar-refractivity contribution is -0.149. The molecule has 1 N–H and O–H groups in total. The van der Waals surface area contributed by atoms with Crippen LogP contribution in [0.15, 0.2) is 24.3 Å². The Labute approximate surface area is 102 Å². The first-order valence-corrected chi connectivity index (χ1v) is 5.73. The summed E-state index contributed by atoms with van der Waals surface area (Å²) in [5, 5.41) is 9.34. The van der Waals surface area contributed by atoms with Crippen molar-refractivity contribution in [1.82, 2.24) is 0 Å². The Morgan fingerprint density at radius 3 is 2.00 bits per heavy atom. The van der Waals surface area contributed by atoms with E-state index in [-0.39, 0.29) is 12.8 Å². The van der Waals surface area contributed by atoms with Gasteiger partial charge in [-0.2, -0.15) is 0 Å². The van der Waals surface area contributed by atoms with Crippen molar-refractivity contribution in [2.75, 3.05) is 0 Å². The highest BCUT2D eigenvalue weighted by atomic mass is 19.3. The molecule has 1 aromatic carbocycles. The van der Waals surface area contributed by atoms with Crippen molar-refractivity contribution in [3.8, 4) is 0 Å². The molecule has 0 unspecified atom stereocenters. The second-order valence-corrected chi connectivity index (χ2v) is 4.75. The zero-order valence-corrected chi connectivity index (χ0v) is 9.63. The van der Waals surface area contributed by atoms with Crippen LogP contribution in [-0.2, 0) is 10.2 Å². The van der Waals surface area contributed by atoms with Gasteiger partial charge in [-0.1, -0.05) is 12.1 Å². The summed E-state index contributed by atoms with van der Waals surface area (Å²) in [6.07, 6.45) is -1.14. The van der Waals surface area contributed by atoms with Gasteiger partial charge in [-0.15, -0.1) is 0 Å². The maximum Gasteiger partial charge on any atom is 0.314 e. The van der Waals surface area contributed by atoms with Crippen molar-refractivity contribution in [3.63, 3.8) is 0 Å². The number of halogens is 3. The van der Waals surface area contributed by atoms with Crippen LogP contribution in [0.4, 0.5) is 13.2 Å². The molecule has 0 heterocycles. The molecule has 0 radical (unpaired) electrons. The van der Waals surface area contributed by atoms with E-state index in [2.05, 4.69) is 0 Å². The van der Waals surface area contributed by atoms with E-state index < -0.39 is 36.0 Å². The number of carboxylic acids is 1. The monoisotopic (exact) mass is 258 g/mol. The molecule has 0 amide bonds. The Morgan fingerprint density at radius 1 is 1.06 bits per heavy atom. The van der Waals surface area contributed by atoms with Crippen molar-refractivity contribution in [1.29, 1.82) is 0 Å². The van der Waals surface area contributed by atoms with Gasteiger partial charge in [-0.25, -0.2) is 13.2 Å². The highest BCUT2D eigenvalue weighted by Gasteiger charge is 2.48. The molecule has 1 aliphatic carbocycles. The van der Waals surface area contributed by atoms with E-state index in [1.54, 1.807) is 0 Å². The Morgan fingerprint density at radius 2 is 1.56 bits per heavy atom. The SMILES string of the molecule is O=C(O)C1(c2ccc(F)cc2)CCC(F)(F)CC1. The molecule has 1 fully saturated rings. The fourth-order valence-corrected chi connectivity index (χ4v) is 2.44. The molecule has 18 heavy (non-hydrogen) atoms. The molecular formula is C13H13F3O2. The van der Waals surface area contributed by atoms with Gasteiger partial charge in [0.15, 0.2) is 0 Å². The molecule has 1 saturated carbocycles. The predicted molar refractivity (Wildman–Crippen MR) is 59.1 cm³/mol. The molecule has 0 bridgehead atoms. The van der Waals surface area contributed by atoms with E-state index >= 15 is 0 Å². The summed E-state index contributed by atoms with van der Waals surface area (Å²) in [6.45, 7) is 0. The van der Waals surface area contributed by atoms with E-state index in [1.807, 2.05) is 0 Å². The van der Waals surface area contributed by atoms with Crippen molar-refractivity contribution in [2.45, 2.75) is 37.0 Å². The van der Waals surface area contributed by atoms with E-state index in [4.69, 9.17) is 0 Å². The van der Waals surface area contributed by atoms with Crippen LogP contribution >= 0.6 is 0 Å². The van der Waals surface area contributed by atoms with Gasteiger partial charge in [0.05, 0.1) is 5.41 Å². The van der Waals surface area contributed by atoms with Crippen LogP contribution < -0.4 is 0 Å². The lowest BCUT2D eigenvalue weighted by Crippen LogP contribution is -2.42. The Balaban J connectivity index is 2.34. The third kappa shape index (κ3) is 2.21. The number of hydrogen-bond acceptors (Lipinski definition) is 1. The average molecular weight is 258 g/mol. The smallest absolute Gasteiger partial charge is 0.314 e. The van der Waals surface area contributed by atoms with E-state index in [1.165, 1.54) is 12.1 Å². The highest BCUT2D eigenvalue weighted by molar-refractivity contribution is 5.81. The standard InChI is InChI=1S/C13H13F3O2/c14-10-3-1-9(2-4-10)12(11(17)18)5-7-13(15,16)8-6-12/h1-4H,5-8H2,(H,17,18). The van der Waals surface area contributed by atoms with Crippen molar-refractivity contribution in [2.24, 2.45) is 0 Å². The second kappa shape index (κ2) is 4.30. The van der Waals surface area contributed by atoms with E-state index in [0.29, 0.717) is 5.56 Å². The average Bonchev–Trinajstić information content (AvgIpc) is 2.30. The van der Waals surface area contributed by atoms with Crippen LogP contribution in [0.3, 0.4) is 0 Å². The van der Waals surface area contributed by atoms with Gasteiger partial charge in [0, 0.05) is 12.8 Å². The summed E-state index contributed by atoms with van der Waals surface area (Å²) in [4.78, 5) is 11.4. The van der Waals surface area contributed by atoms with E-state index in [9.17, 15) is 23.1 Å². The summed E-state index contributed by atoms with van der Waals surface area (Å²) in [5.74, 6) is -4.39. The number of alkyl halides is 2. The molecular weight excluding hydrogens is 245 g/mol. The molecule has 1 aliphatic rings. The number of benzene rings is 1. The summed E-state index contributed by atoms with van der Waals surface area (Å²) in [7, 11) is 0. The first-order chi connectivity index (χ1) is 8.36. The summed E-state index contributed by atoms with van der Waals surface area (Å²) in [6, 6.07) is 5.05. The van der Waals surface area contributed by atoms with Crippen LogP contribution in [0.1, 0.15) is 31.2 Å². The number of aliphatic carboxylic acids is 1. The topological polar surface area (TPSA) is 37.3 Å². The lowest BCUT2D eigenvalue weighted by atomic mass is 9.68. The minimum absolute atomic E-state index is 0.124. The molecule has 2 nitrogen and oxygen atoms in total. The van der Waals surface area contributed by atoms with Gasteiger partial charge in [-0.05, 0) is 30.5 Å². The van der Waals surface area contributed by atoms with Gasteiger partial charge < -0.3 is 5.11 Å². The Hall–Kier alpha value is -1.52. The number of hydrogen-bond donors (Lipinski definition) is 1. The largest absolute Gasteiger partial charge is 0.481 e. The van der Waals surface area contributed by atoms with Crippen LogP contribution in [0.25, 0.3) is 0 Å². The minimum atomic E-state index is -2.79. The van der Waals surface area contributed by atoms with Crippen molar-refractivity contribution >= 4 is 5.97 Å². The fraction of sp³-hybridized carbons (Fsp3) is 0.462. The summed E-state index contributed by atoms with van der Waals surface area (Å²) in [5.41, 5.74) is -0.915. The lowest BCUT2D eigenvalue weighted by Gasteiger charge is -2.37. The number of carboxylic acid groups (broad SMARTS) is 1. The molecule has 0 aromatic heterocycles. The minimum Gasteiger partial charge on any atom is -0.481 e. The first-order valence-electron chi connectivity index (χ1n) is 5.73. The van der Waals surface area contributed by atoms with Crippen LogP contribution in [0.5, 0.6) is 0 Å². The molecule has 98 valence electrons. The Kier molecular flexibility index (Phi) is 3.09. The number of rotatable bonds is 2. The molecule has 1 aromatic rings. The van der Waals surface area contributed by atoms with Crippen molar-refractivity contribution < 1.29 is 23.1 Å². The fourth-order valence-electron chi connectivity index (χ4n) is 2.44. The summed E-state index contributed by atoms with van der Waals surface area (Å²) >= 11 is 0. The van der Waals surface area contributed by atoms with Crippen LogP contribution in [-0.4, -0.2) is 17.0 Å². The maximum absolute atomic E-state index is 13.1. The van der Waals surface area contributed by atoms with Gasteiger partial charge in [-0.3, -0.25) is 4.79 Å². The molecule has 5 heteroatoms. The second-order valence-electron chi connectivity index (χ2n) is 4.75. The zero-order chi connectivity index (χ0) is 13.4. The van der Waals surface area contributed by atoms with Gasteiger partial charge in [0.25, 0.3) is 0 Å². The summed E-state index contributed by atoms with van der Waals surface area (Å²) < 4.78 is 39.1. The zero-order valence-electron chi connectivity index (χ0n) is 9.63. The molecule has 0 saturated heterocycles. The maximum atomic E-state index is 13.1. The van der Waals surface area contributed by atoms with Gasteiger partial charge in [0.1, 0.15) is 5.82 Å². The molecule has 0 atom stereocenters. The quantitative estimate of drug-likeness (QED) is 0.883. The third-order valence-corrected chi connectivity index (χ3v) is 3.64. The third-order valence-electron chi connectivity index (χ3n) is 3.64. The van der Waals surface area contributed by atoms with Gasteiger partial charge >= 0.3 is 5.97 Å². The van der Waals surface area contributed by atoms with E-state index in [0.717, 1.165) is 12.1 Å². The van der Waals surface area contributed by atoms with Gasteiger partial charge in [0.2, 0.25) is 5.92 Å². The molecule has 0 spiro atoms. The molecule has 0 aliphatic heterocycles. The first kappa shape index (κ1) is 12.9. The Bertz CT molecular complexity index is 444. The normalized spacial score (nSPS) is 21.5. The van der Waals surface area contributed by atoms with Crippen LogP contribution in [0.2, 0.25) is 0 Å². The van der Waals surface area contributed by atoms with Crippen molar-refractivity contribution in [3.05, 3.63) is 35.6 Å². The number of carbonyl (C=O) groups is 1. The van der Waals surface area contributed by atoms with Crippen LogP contribution in [0, 0.1) is 5.82 Å². The molecule has 2 rings (SSSR count).